The molecule has 28 heavy (non-hydrogen) atoms. The molecule has 148 valence electrons. The van der Waals surface area contributed by atoms with Crippen LogP contribution in [0.3, 0.4) is 0 Å². The van der Waals surface area contributed by atoms with Crippen molar-refractivity contribution < 1.29 is 29.3 Å². The fourth-order valence-corrected chi connectivity index (χ4v) is 3.70. The van der Waals surface area contributed by atoms with Crippen LogP contribution in [0, 0.1) is 0 Å². The molecule has 1 aromatic rings. The van der Waals surface area contributed by atoms with E-state index in [-0.39, 0.29) is 52.5 Å². The highest BCUT2D eigenvalue weighted by atomic mass is 16.5. The van der Waals surface area contributed by atoms with E-state index in [0.29, 0.717) is 5.56 Å². The van der Waals surface area contributed by atoms with Crippen LogP contribution in [0.1, 0.15) is 54.0 Å². The number of phenolic OH excluding ortho intramolecular Hbond substituents is 1. The van der Waals surface area contributed by atoms with Gasteiger partial charge in [-0.2, -0.15) is 0 Å². The van der Waals surface area contributed by atoms with E-state index in [1.54, 1.807) is 26.0 Å². The molecule has 6 nitrogen and oxygen atoms in total. The van der Waals surface area contributed by atoms with Gasteiger partial charge in [-0.25, -0.2) is 0 Å². The van der Waals surface area contributed by atoms with Crippen LogP contribution in [-0.4, -0.2) is 41.6 Å². The fraction of sp³-hybridized carbons (Fsp3) is 0.364. The van der Waals surface area contributed by atoms with E-state index in [1.165, 1.54) is 13.2 Å². The van der Waals surface area contributed by atoms with E-state index in [1.807, 2.05) is 19.9 Å². The molecule has 2 atom stereocenters. The largest absolute Gasteiger partial charge is 0.507 e. The lowest BCUT2D eigenvalue weighted by Crippen LogP contribution is -2.30. The predicted octanol–water partition coefficient (Wildman–Crippen LogP) is 3.23. The number of aliphatic hydroxyl groups excluding tert-OH is 1. The zero-order valence-electron chi connectivity index (χ0n) is 16.6. The standard InChI is InChI=1S/C22H24O6/c1-11(10-23)7-6-8-22(4)13(3)28-21-16-14(9-15(24)17(21)22)19(26)20(27-5)12(2)18(16)25/h6-9,13,23-24H,10H2,1-5H3. The van der Waals surface area contributed by atoms with Crippen molar-refractivity contribution in [2.24, 2.45) is 0 Å². The number of rotatable bonds is 4. The van der Waals surface area contributed by atoms with Crippen molar-refractivity contribution in [3.63, 3.8) is 0 Å². The number of phenols is 1. The summed E-state index contributed by atoms with van der Waals surface area (Å²) in [7, 11) is 1.34. The van der Waals surface area contributed by atoms with Gasteiger partial charge in [0, 0.05) is 11.1 Å². The number of benzene rings is 1. The van der Waals surface area contributed by atoms with Gasteiger partial charge in [-0.15, -0.1) is 0 Å². The second-order valence-electron chi connectivity index (χ2n) is 7.41. The molecule has 1 aliphatic heterocycles. The van der Waals surface area contributed by atoms with Gasteiger partial charge in [-0.3, -0.25) is 9.59 Å². The minimum absolute atomic E-state index is 0.0184. The molecule has 0 spiro atoms. The van der Waals surface area contributed by atoms with Gasteiger partial charge >= 0.3 is 0 Å². The molecule has 0 bridgehead atoms. The zero-order valence-corrected chi connectivity index (χ0v) is 16.6. The van der Waals surface area contributed by atoms with Gasteiger partial charge in [-0.05, 0) is 39.3 Å². The predicted molar refractivity (Wildman–Crippen MR) is 104 cm³/mol. The van der Waals surface area contributed by atoms with Gasteiger partial charge < -0.3 is 19.7 Å². The van der Waals surface area contributed by atoms with Gasteiger partial charge in [0.25, 0.3) is 0 Å². The summed E-state index contributed by atoms with van der Waals surface area (Å²) in [4.78, 5) is 25.7. The number of fused-ring (bicyclic) bond motifs is 3. The molecular weight excluding hydrogens is 360 g/mol. The Bertz CT molecular complexity index is 966. The van der Waals surface area contributed by atoms with Gasteiger partial charge in [0.2, 0.25) is 5.78 Å². The number of hydrogen-bond acceptors (Lipinski definition) is 6. The average Bonchev–Trinajstić information content (AvgIpc) is 2.91. The number of aliphatic hydroxyl groups is 1. The molecule has 0 saturated heterocycles. The SMILES string of the molecule is COC1=C(C)C(=O)c2c(cc(O)c3c2OC(C)C3(C)C=CC=C(C)CO)C1=O. The van der Waals surface area contributed by atoms with Crippen LogP contribution in [0.25, 0.3) is 0 Å². The fourth-order valence-electron chi connectivity index (χ4n) is 3.70. The highest BCUT2D eigenvalue weighted by Crippen LogP contribution is 2.52. The minimum Gasteiger partial charge on any atom is -0.507 e. The Morgan fingerprint density at radius 3 is 2.64 bits per heavy atom. The van der Waals surface area contributed by atoms with Crippen molar-refractivity contribution in [1.29, 1.82) is 0 Å². The summed E-state index contributed by atoms with van der Waals surface area (Å²) >= 11 is 0. The average molecular weight is 384 g/mol. The number of ether oxygens (including phenoxy) is 2. The quantitative estimate of drug-likeness (QED) is 0.775. The maximum Gasteiger partial charge on any atom is 0.228 e. The van der Waals surface area contributed by atoms with E-state index in [9.17, 15) is 14.7 Å². The number of carbonyl (C=O) groups excluding carboxylic acids is 2. The van der Waals surface area contributed by atoms with Crippen molar-refractivity contribution in [1.82, 2.24) is 0 Å². The summed E-state index contributed by atoms with van der Waals surface area (Å²) in [5, 5.41) is 19.9. The molecule has 0 saturated carbocycles. The van der Waals surface area contributed by atoms with Crippen molar-refractivity contribution in [3.8, 4) is 11.5 Å². The van der Waals surface area contributed by atoms with Gasteiger partial charge in [0.15, 0.2) is 11.5 Å². The van der Waals surface area contributed by atoms with Crippen LogP contribution in [0.4, 0.5) is 0 Å². The third kappa shape index (κ3) is 2.76. The number of allylic oxidation sites excluding steroid dienone is 4. The van der Waals surface area contributed by atoms with Gasteiger partial charge in [0.1, 0.15) is 17.6 Å². The Hall–Kier alpha value is -2.86. The van der Waals surface area contributed by atoms with Crippen LogP contribution in [0.15, 0.2) is 41.2 Å². The van der Waals surface area contributed by atoms with Crippen LogP contribution in [-0.2, 0) is 10.2 Å². The Balaban J connectivity index is 2.21. The molecule has 1 aliphatic carbocycles. The van der Waals surface area contributed by atoms with Crippen LogP contribution in [0.2, 0.25) is 0 Å². The number of hydrogen-bond donors (Lipinski definition) is 2. The molecule has 2 N–H and O–H groups in total. The van der Waals surface area contributed by atoms with Crippen LogP contribution in [0.5, 0.6) is 11.5 Å². The van der Waals surface area contributed by atoms with Crippen molar-refractivity contribution in [2.45, 2.75) is 39.2 Å². The topological polar surface area (TPSA) is 93.1 Å². The van der Waals surface area contributed by atoms with Crippen molar-refractivity contribution >= 4 is 11.6 Å². The van der Waals surface area contributed by atoms with Crippen LogP contribution >= 0.6 is 0 Å². The lowest BCUT2D eigenvalue weighted by molar-refractivity contribution is 0.0902. The van der Waals surface area contributed by atoms with E-state index in [0.717, 1.165) is 5.57 Å². The second kappa shape index (κ2) is 6.95. The summed E-state index contributed by atoms with van der Waals surface area (Å²) in [6.45, 7) is 7.04. The summed E-state index contributed by atoms with van der Waals surface area (Å²) < 4.78 is 11.1. The summed E-state index contributed by atoms with van der Waals surface area (Å²) in [6.07, 6.45) is 5.06. The van der Waals surface area contributed by atoms with E-state index in [4.69, 9.17) is 14.6 Å². The van der Waals surface area contributed by atoms with E-state index >= 15 is 0 Å². The number of aromatic hydroxyl groups is 1. The Morgan fingerprint density at radius 1 is 1.36 bits per heavy atom. The molecule has 0 aromatic heterocycles. The molecular formula is C22H24O6. The number of Topliss-reactive ketones (excluding diaryl/α,β-unsaturated/α-hetero) is 2. The molecule has 0 amide bonds. The summed E-state index contributed by atoms with van der Waals surface area (Å²) in [5.41, 5.74) is 1.01. The normalized spacial score (nSPS) is 24.5. The second-order valence-corrected chi connectivity index (χ2v) is 7.41. The number of methoxy groups -OCH3 is 1. The van der Waals surface area contributed by atoms with E-state index in [2.05, 4.69) is 0 Å². The maximum atomic E-state index is 13.0. The molecule has 2 unspecified atom stereocenters. The van der Waals surface area contributed by atoms with Crippen molar-refractivity contribution in [2.75, 3.05) is 13.7 Å². The first-order valence-corrected chi connectivity index (χ1v) is 9.04. The Labute approximate surface area is 163 Å². The third-order valence-electron chi connectivity index (χ3n) is 5.57. The molecule has 6 heteroatoms. The first-order valence-electron chi connectivity index (χ1n) is 9.04. The van der Waals surface area contributed by atoms with Crippen LogP contribution < -0.4 is 4.74 Å². The minimum atomic E-state index is -0.719. The molecule has 0 radical (unpaired) electrons. The summed E-state index contributed by atoms with van der Waals surface area (Å²) in [6, 6.07) is 1.32. The number of carbonyl (C=O) groups is 2. The molecule has 2 aliphatic rings. The summed E-state index contributed by atoms with van der Waals surface area (Å²) in [5.74, 6) is -0.682. The zero-order chi connectivity index (χ0) is 20.8. The molecule has 3 rings (SSSR count). The first kappa shape index (κ1) is 19.9. The Kier molecular flexibility index (Phi) is 4.93. The molecule has 1 heterocycles. The monoisotopic (exact) mass is 384 g/mol. The van der Waals surface area contributed by atoms with Gasteiger partial charge in [-0.1, -0.05) is 18.2 Å². The smallest absolute Gasteiger partial charge is 0.228 e. The lowest BCUT2D eigenvalue weighted by atomic mass is 9.76. The highest BCUT2D eigenvalue weighted by Gasteiger charge is 2.47. The molecule has 0 fully saturated rings. The lowest BCUT2D eigenvalue weighted by Gasteiger charge is -2.25. The van der Waals surface area contributed by atoms with E-state index < -0.39 is 11.2 Å². The highest BCUT2D eigenvalue weighted by molar-refractivity contribution is 6.27. The van der Waals surface area contributed by atoms with Gasteiger partial charge in [0.05, 0.1) is 30.3 Å². The molecule has 1 aromatic carbocycles. The maximum absolute atomic E-state index is 13.0. The van der Waals surface area contributed by atoms with Crippen molar-refractivity contribution in [3.05, 3.63) is 57.9 Å². The third-order valence-corrected chi connectivity index (χ3v) is 5.57. The Morgan fingerprint density at radius 2 is 2.04 bits per heavy atom. The first-order chi connectivity index (χ1) is 13.2. The number of ketones is 2.